The van der Waals surface area contributed by atoms with Crippen molar-refractivity contribution in [2.75, 3.05) is 10.2 Å². The van der Waals surface area contributed by atoms with Crippen LogP contribution in [0.25, 0.3) is 16.3 Å². The monoisotopic (exact) mass is 424 g/mol. The fraction of sp³-hybridized carbons (Fsp3) is 0.0769. The maximum Gasteiger partial charge on any atom is 0.282 e. The Hall–Kier alpha value is -3.70. The number of fused-ring (bicyclic) bond motifs is 1. The predicted octanol–water partition coefficient (Wildman–Crippen LogP) is 5.91. The van der Waals surface area contributed by atoms with Crippen LogP contribution in [0.4, 0.5) is 11.4 Å². The Kier molecular flexibility index (Phi) is 4.68. The standard InChI is InChI=1S/C26H20N2O2S/c1-16-12-13-20(17(2)15-16)27-24-23(22-11-6-14-31-22)25(29)28(26(24)30)21-10-5-8-18-7-3-4-9-19(18)21/h3-15,27H,1-2H3. The Labute approximate surface area is 184 Å². The van der Waals surface area contributed by atoms with Crippen molar-refractivity contribution in [2.24, 2.45) is 0 Å². The van der Waals surface area contributed by atoms with Crippen molar-refractivity contribution < 1.29 is 9.59 Å². The van der Waals surface area contributed by atoms with E-state index in [-0.39, 0.29) is 11.8 Å². The number of nitrogens with zero attached hydrogens (tertiary/aromatic N) is 1. The highest BCUT2D eigenvalue weighted by molar-refractivity contribution is 7.11. The minimum atomic E-state index is -0.343. The number of rotatable bonds is 4. The van der Waals surface area contributed by atoms with Gasteiger partial charge in [-0.1, -0.05) is 60.2 Å². The summed E-state index contributed by atoms with van der Waals surface area (Å²) >= 11 is 1.45. The molecule has 3 aromatic carbocycles. The summed E-state index contributed by atoms with van der Waals surface area (Å²) < 4.78 is 0. The Morgan fingerprint density at radius 1 is 0.839 bits per heavy atom. The van der Waals surface area contributed by atoms with Crippen molar-refractivity contribution in [3.63, 3.8) is 0 Å². The number of anilines is 2. The summed E-state index contributed by atoms with van der Waals surface area (Å²) in [5, 5.41) is 7.04. The quantitative estimate of drug-likeness (QED) is 0.414. The van der Waals surface area contributed by atoms with Crippen molar-refractivity contribution >= 4 is 50.9 Å². The van der Waals surface area contributed by atoms with Crippen LogP contribution in [0.3, 0.4) is 0 Å². The lowest BCUT2D eigenvalue weighted by molar-refractivity contribution is -0.120. The molecule has 2 amide bonds. The number of carbonyl (C=O) groups is 2. The lowest BCUT2D eigenvalue weighted by atomic mass is 10.1. The molecule has 0 fully saturated rings. The molecular weight excluding hydrogens is 404 g/mol. The highest BCUT2D eigenvalue weighted by Gasteiger charge is 2.41. The molecule has 0 saturated carbocycles. The van der Waals surface area contributed by atoms with Gasteiger partial charge in [0.1, 0.15) is 5.70 Å². The highest BCUT2D eigenvalue weighted by Crippen LogP contribution is 2.38. The number of benzene rings is 3. The van der Waals surface area contributed by atoms with Crippen LogP contribution in [0.5, 0.6) is 0 Å². The summed E-state index contributed by atoms with van der Waals surface area (Å²) in [5.41, 5.74) is 4.29. The van der Waals surface area contributed by atoms with Gasteiger partial charge in [-0.2, -0.15) is 0 Å². The molecule has 0 unspecified atom stereocenters. The summed E-state index contributed by atoms with van der Waals surface area (Å²) in [6.45, 7) is 4.02. The number of imide groups is 1. The van der Waals surface area contributed by atoms with Crippen LogP contribution < -0.4 is 10.2 Å². The minimum absolute atomic E-state index is 0.309. The third-order valence-corrected chi connectivity index (χ3v) is 6.39. The Morgan fingerprint density at radius 3 is 2.42 bits per heavy atom. The first kappa shape index (κ1) is 19.3. The summed E-state index contributed by atoms with van der Waals surface area (Å²) in [6, 6.07) is 23.2. The van der Waals surface area contributed by atoms with Crippen molar-refractivity contribution in [1.82, 2.24) is 0 Å². The molecule has 0 bridgehead atoms. The second-order valence-electron chi connectivity index (χ2n) is 7.61. The average molecular weight is 425 g/mol. The molecule has 0 atom stereocenters. The molecule has 1 aromatic heterocycles. The van der Waals surface area contributed by atoms with Gasteiger partial charge in [-0.25, -0.2) is 4.90 Å². The van der Waals surface area contributed by atoms with E-state index in [4.69, 9.17) is 0 Å². The van der Waals surface area contributed by atoms with Gasteiger partial charge in [0.2, 0.25) is 0 Å². The van der Waals surface area contributed by atoms with E-state index >= 15 is 0 Å². The van der Waals surface area contributed by atoms with E-state index in [1.54, 1.807) is 0 Å². The number of hydrogen-bond donors (Lipinski definition) is 1. The number of nitrogens with one attached hydrogen (secondary N) is 1. The number of amides is 2. The molecule has 0 spiro atoms. The second kappa shape index (κ2) is 7.52. The summed E-state index contributed by atoms with van der Waals surface area (Å²) in [7, 11) is 0. The smallest absolute Gasteiger partial charge is 0.282 e. The Morgan fingerprint density at radius 2 is 1.65 bits per heavy atom. The molecule has 1 aliphatic heterocycles. The lowest BCUT2D eigenvalue weighted by Crippen LogP contribution is -2.32. The number of hydrogen-bond acceptors (Lipinski definition) is 4. The second-order valence-corrected chi connectivity index (χ2v) is 8.56. The van der Waals surface area contributed by atoms with E-state index < -0.39 is 0 Å². The molecule has 0 radical (unpaired) electrons. The van der Waals surface area contributed by atoms with E-state index in [1.807, 2.05) is 86.0 Å². The maximum absolute atomic E-state index is 13.6. The van der Waals surface area contributed by atoms with Crippen LogP contribution in [0.1, 0.15) is 16.0 Å². The van der Waals surface area contributed by atoms with Crippen molar-refractivity contribution in [1.29, 1.82) is 0 Å². The van der Waals surface area contributed by atoms with Crippen LogP contribution in [-0.2, 0) is 9.59 Å². The molecule has 4 nitrogen and oxygen atoms in total. The summed E-state index contributed by atoms with van der Waals surface area (Å²) in [5.74, 6) is -0.652. The fourth-order valence-corrected chi connectivity index (χ4v) is 4.77. The van der Waals surface area contributed by atoms with Crippen molar-refractivity contribution in [3.8, 4) is 0 Å². The van der Waals surface area contributed by atoms with E-state index in [2.05, 4.69) is 11.4 Å². The Bertz CT molecular complexity index is 1360. The number of carbonyl (C=O) groups excluding carboxylic acids is 2. The molecule has 2 heterocycles. The zero-order valence-electron chi connectivity index (χ0n) is 17.2. The first-order valence-electron chi connectivity index (χ1n) is 10.0. The van der Waals surface area contributed by atoms with Crippen LogP contribution in [0.15, 0.2) is 83.9 Å². The van der Waals surface area contributed by atoms with Gasteiger partial charge in [0.15, 0.2) is 0 Å². The number of thiophene rings is 1. The first-order chi connectivity index (χ1) is 15.0. The lowest BCUT2D eigenvalue weighted by Gasteiger charge is -2.18. The van der Waals surface area contributed by atoms with Crippen molar-refractivity contribution in [3.05, 3.63) is 99.9 Å². The topological polar surface area (TPSA) is 49.4 Å². The van der Waals surface area contributed by atoms with Gasteiger partial charge in [0.25, 0.3) is 11.8 Å². The fourth-order valence-electron chi connectivity index (χ4n) is 4.01. The first-order valence-corrected chi connectivity index (χ1v) is 10.9. The zero-order chi connectivity index (χ0) is 21.5. The third kappa shape index (κ3) is 3.23. The van der Waals surface area contributed by atoms with Gasteiger partial charge in [0, 0.05) is 16.0 Å². The van der Waals surface area contributed by atoms with Gasteiger partial charge in [-0.15, -0.1) is 11.3 Å². The molecule has 1 N–H and O–H groups in total. The molecule has 1 aliphatic rings. The van der Waals surface area contributed by atoms with Crippen molar-refractivity contribution in [2.45, 2.75) is 13.8 Å². The van der Waals surface area contributed by atoms with Gasteiger partial charge in [-0.3, -0.25) is 9.59 Å². The Balaban J connectivity index is 1.65. The molecule has 4 aromatic rings. The van der Waals surface area contributed by atoms with Crippen LogP contribution >= 0.6 is 11.3 Å². The largest absolute Gasteiger partial charge is 0.350 e. The highest BCUT2D eigenvalue weighted by atomic mass is 32.1. The zero-order valence-corrected chi connectivity index (χ0v) is 18.0. The van der Waals surface area contributed by atoms with E-state index in [0.717, 1.165) is 32.5 Å². The van der Waals surface area contributed by atoms with Gasteiger partial charge in [-0.05, 0) is 48.4 Å². The summed E-state index contributed by atoms with van der Waals surface area (Å²) in [6.07, 6.45) is 0. The van der Waals surface area contributed by atoms with E-state index in [0.29, 0.717) is 17.0 Å². The average Bonchev–Trinajstić information content (AvgIpc) is 3.36. The van der Waals surface area contributed by atoms with Crippen LogP contribution in [-0.4, -0.2) is 11.8 Å². The van der Waals surface area contributed by atoms with E-state index in [9.17, 15) is 9.59 Å². The molecule has 152 valence electrons. The van der Waals surface area contributed by atoms with Gasteiger partial charge >= 0.3 is 0 Å². The molecule has 0 saturated heterocycles. The molecular formula is C26H20N2O2S. The van der Waals surface area contributed by atoms with Crippen LogP contribution in [0.2, 0.25) is 0 Å². The number of aryl methyl sites for hydroxylation is 2. The molecule has 31 heavy (non-hydrogen) atoms. The van der Waals surface area contributed by atoms with E-state index in [1.165, 1.54) is 16.2 Å². The minimum Gasteiger partial charge on any atom is -0.350 e. The SMILES string of the molecule is Cc1ccc(NC2=C(c3cccs3)C(=O)N(c3cccc4ccccc34)C2=O)c(C)c1. The normalized spacial score (nSPS) is 14.1. The molecule has 0 aliphatic carbocycles. The van der Waals surface area contributed by atoms with Crippen LogP contribution in [0, 0.1) is 13.8 Å². The molecule has 5 rings (SSSR count). The van der Waals surface area contributed by atoms with Gasteiger partial charge < -0.3 is 5.32 Å². The third-order valence-electron chi connectivity index (χ3n) is 5.50. The maximum atomic E-state index is 13.6. The molecule has 5 heteroatoms. The van der Waals surface area contributed by atoms with Gasteiger partial charge in [0.05, 0.1) is 11.3 Å². The predicted molar refractivity (Wildman–Crippen MR) is 127 cm³/mol. The summed E-state index contributed by atoms with van der Waals surface area (Å²) in [4.78, 5) is 29.3.